The lowest BCUT2D eigenvalue weighted by molar-refractivity contribution is -0.130. The third kappa shape index (κ3) is 3.16. The molecule has 1 saturated heterocycles. The highest BCUT2D eigenvalue weighted by Gasteiger charge is 2.33. The summed E-state index contributed by atoms with van der Waals surface area (Å²) in [5, 5.41) is 18.0. The van der Waals surface area contributed by atoms with Crippen LogP contribution in [-0.4, -0.2) is 66.5 Å². The highest BCUT2D eigenvalue weighted by Crippen LogP contribution is 2.25. The van der Waals surface area contributed by atoms with Crippen LogP contribution < -0.4 is 9.64 Å². The molecule has 0 radical (unpaired) electrons. The van der Waals surface area contributed by atoms with Crippen LogP contribution in [0.5, 0.6) is 5.88 Å². The highest BCUT2D eigenvalue weighted by atomic mass is 16.5. The van der Waals surface area contributed by atoms with Gasteiger partial charge in [-0.15, -0.1) is 10.2 Å². The molecule has 2 rings (SSSR count). The molecule has 0 aliphatic carbocycles. The molecule has 0 saturated carbocycles. The third-order valence-electron chi connectivity index (χ3n) is 3.50. The Bertz CT molecular complexity index is 463. The number of aliphatic hydroxyl groups excluding tert-OH is 1. The van der Waals surface area contributed by atoms with Crippen molar-refractivity contribution in [3.63, 3.8) is 0 Å². The molecule has 110 valence electrons. The number of carbonyl (C=O) groups is 1. The van der Waals surface area contributed by atoms with Crippen molar-refractivity contribution < 1.29 is 14.6 Å². The maximum atomic E-state index is 11.7. The van der Waals surface area contributed by atoms with Gasteiger partial charge < -0.3 is 19.6 Å². The summed E-state index contributed by atoms with van der Waals surface area (Å²) in [7, 11) is 4.97. The number of anilines is 1. The molecule has 0 unspecified atom stereocenters. The lowest BCUT2D eigenvalue weighted by Crippen LogP contribution is -2.28. The van der Waals surface area contributed by atoms with Gasteiger partial charge in [-0.1, -0.05) is 0 Å². The van der Waals surface area contributed by atoms with E-state index in [-0.39, 0.29) is 11.8 Å². The first-order chi connectivity index (χ1) is 9.51. The first kappa shape index (κ1) is 14.5. The molecule has 0 bridgehead atoms. The predicted octanol–water partition coefficient (Wildman–Crippen LogP) is -0.239. The predicted molar refractivity (Wildman–Crippen MR) is 73.6 cm³/mol. The van der Waals surface area contributed by atoms with E-state index in [1.807, 2.05) is 4.90 Å². The zero-order valence-corrected chi connectivity index (χ0v) is 12.0. The molecule has 1 aliphatic rings. The quantitative estimate of drug-likeness (QED) is 0.820. The number of hydrogen-bond donors (Lipinski definition) is 1. The van der Waals surface area contributed by atoms with Crippen LogP contribution in [0.2, 0.25) is 0 Å². The van der Waals surface area contributed by atoms with Crippen LogP contribution in [0.25, 0.3) is 0 Å². The SMILES string of the molecule is COc1ccc(N2C[C@@H](CC(=O)N(C)C)[C@H](O)C2)nn1. The molecule has 1 N–H and O–H groups in total. The van der Waals surface area contributed by atoms with Crippen LogP contribution in [0.4, 0.5) is 5.82 Å². The fraction of sp³-hybridized carbons (Fsp3) is 0.615. The second-order valence-corrected chi connectivity index (χ2v) is 5.16. The van der Waals surface area contributed by atoms with Crippen LogP contribution in [0.3, 0.4) is 0 Å². The topological polar surface area (TPSA) is 78.8 Å². The van der Waals surface area contributed by atoms with Gasteiger partial charge in [0.25, 0.3) is 0 Å². The minimum Gasteiger partial charge on any atom is -0.480 e. The minimum absolute atomic E-state index is 0.0247. The van der Waals surface area contributed by atoms with Gasteiger partial charge in [0.05, 0.1) is 13.2 Å². The Kier molecular flexibility index (Phi) is 4.39. The Hall–Kier alpha value is -1.89. The maximum absolute atomic E-state index is 11.7. The number of aromatic nitrogens is 2. The molecular formula is C13H20N4O3. The molecule has 2 atom stereocenters. The highest BCUT2D eigenvalue weighted by molar-refractivity contribution is 5.76. The summed E-state index contributed by atoms with van der Waals surface area (Å²) in [5.41, 5.74) is 0. The summed E-state index contributed by atoms with van der Waals surface area (Å²) >= 11 is 0. The average Bonchev–Trinajstić information content (AvgIpc) is 2.80. The monoisotopic (exact) mass is 280 g/mol. The van der Waals surface area contributed by atoms with Gasteiger partial charge in [-0.05, 0) is 6.07 Å². The zero-order chi connectivity index (χ0) is 14.7. The van der Waals surface area contributed by atoms with Crippen molar-refractivity contribution in [1.29, 1.82) is 0 Å². The van der Waals surface area contributed by atoms with Crippen LogP contribution in [-0.2, 0) is 4.79 Å². The first-order valence-electron chi connectivity index (χ1n) is 6.52. The standard InChI is InChI=1S/C13H20N4O3/c1-16(2)13(19)6-9-7-17(8-10(9)18)11-4-5-12(20-3)15-14-11/h4-5,9-10,18H,6-8H2,1-3H3/t9-,10-/m1/s1. The zero-order valence-electron chi connectivity index (χ0n) is 12.0. The Morgan fingerprint density at radius 2 is 2.20 bits per heavy atom. The van der Waals surface area contributed by atoms with Crippen LogP contribution >= 0.6 is 0 Å². The second kappa shape index (κ2) is 6.04. The summed E-state index contributed by atoms with van der Waals surface area (Å²) < 4.78 is 4.96. The van der Waals surface area contributed by atoms with Gasteiger partial charge in [0.15, 0.2) is 5.82 Å². The minimum atomic E-state index is -0.525. The van der Waals surface area contributed by atoms with Gasteiger partial charge in [0.2, 0.25) is 11.8 Å². The van der Waals surface area contributed by atoms with E-state index >= 15 is 0 Å². The lowest BCUT2D eigenvalue weighted by Gasteiger charge is -2.17. The average molecular weight is 280 g/mol. The Balaban J connectivity index is 2.00. The summed E-state index contributed by atoms with van der Waals surface area (Å²) in [6.45, 7) is 1.06. The van der Waals surface area contributed by atoms with Crippen molar-refractivity contribution in [2.75, 3.05) is 39.2 Å². The first-order valence-corrected chi connectivity index (χ1v) is 6.52. The number of rotatable bonds is 4. The van der Waals surface area contributed by atoms with Gasteiger partial charge in [-0.3, -0.25) is 4.79 Å². The van der Waals surface area contributed by atoms with Gasteiger partial charge in [-0.2, -0.15) is 0 Å². The van der Waals surface area contributed by atoms with Gasteiger partial charge in [0.1, 0.15) is 0 Å². The number of β-amino-alcohol motifs (C(OH)–C–C–N with tert-alkyl or cyclic N) is 1. The van der Waals surface area contributed by atoms with Crippen molar-refractivity contribution in [3.05, 3.63) is 12.1 Å². The summed E-state index contributed by atoms with van der Waals surface area (Å²) in [5.74, 6) is 1.09. The van der Waals surface area contributed by atoms with E-state index in [1.54, 1.807) is 31.1 Å². The van der Waals surface area contributed by atoms with E-state index < -0.39 is 6.10 Å². The van der Waals surface area contributed by atoms with Crippen LogP contribution in [0.15, 0.2) is 12.1 Å². The molecule has 7 heteroatoms. The van der Waals surface area contributed by atoms with E-state index in [0.717, 1.165) is 0 Å². The van der Waals surface area contributed by atoms with E-state index in [4.69, 9.17) is 4.74 Å². The van der Waals surface area contributed by atoms with E-state index in [1.165, 1.54) is 7.11 Å². The molecule has 1 aromatic rings. The number of methoxy groups -OCH3 is 1. The molecule has 20 heavy (non-hydrogen) atoms. The molecule has 0 aromatic carbocycles. The molecule has 1 fully saturated rings. The normalized spacial score (nSPS) is 21.9. The number of hydrogen-bond acceptors (Lipinski definition) is 6. The van der Waals surface area contributed by atoms with Crippen molar-refractivity contribution in [3.8, 4) is 5.88 Å². The second-order valence-electron chi connectivity index (χ2n) is 5.16. The fourth-order valence-electron chi connectivity index (χ4n) is 2.24. The van der Waals surface area contributed by atoms with Crippen molar-refractivity contribution in [1.82, 2.24) is 15.1 Å². The molecular weight excluding hydrogens is 260 g/mol. The van der Waals surface area contributed by atoms with Crippen LogP contribution in [0.1, 0.15) is 6.42 Å². The van der Waals surface area contributed by atoms with E-state index in [2.05, 4.69) is 10.2 Å². The van der Waals surface area contributed by atoms with Crippen molar-refractivity contribution in [2.24, 2.45) is 5.92 Å². The van der Waals surface area contributed by atoms with Gasteiger partial charge >= 0.3 is 0 Å². The van der Waals surface area contributed by atoms with Crippen molar-refractivity contribution >= 4 is 11.7 Å². The largest absolute Gasteiger partial charge is 0.480 e. The molecule has 7 nitrogen and oxygen atoms in total. The summed E-state index contributed by atoms with van der Waals surface area (Å²) in [6.07, 6.45) is -0.184. The molecule has 2 heterocycles. The number of carbonyl (C=O) groups excluding carboxylic acids is 1. The summed E-state index contributed by atoms with van der Waals surface area (Å²) in [4.78, 5) is 15.2. The Morgan fingerprint density at radius 1 is 1.45 bits per heavy atom. The van der Waals surface area contributed by atoms with Crippen LogP contribution in [0, 0.1) is 5.92 Å². The molecule has 1 amide bonds. The third-order valence-corrected chi connectivity index (χ3v) is 3.50. The summed E-state index contributed by atoms with van der Waals surface area (Å²) in [6, 6.07) is 3.53. The van der Waals surface area contributed by atoms with Gasteiger partial charge in [0, 0.05) is 45.6 Å². The van der Waals surface area contributed by atoms with Gasteiger partial charge in [-0.25, -0.2) is 0 Å². The maximum Gasteiger partial charge on any atom is 0.233 e. The molecule has 1 aliphatic heterocycles. The van der Waals surface area contributed by atoms with E-state index in [0.29, 0.717) is 31.2 Å². The Morgan fingerprint density at radius 3 is 2.75 bits per heavy atom. The number of ether oxygens (including phenoxy) is 1. The molecule has 1 aromatic heterocycles. The number of amides is 1. The smallest absolute Gasteiger partial charge is 0.233 e. The Labute approximate surface area is 118 Å². The molecule has 0 spiro atoms. The fourth-order valence-corrected chi connectivity index (χ4v) is 2.24. The number of nitrogens with zero attached hydrogens (tertiary/aromatic N) is 4. The number of aliphatic hydroxyl groups is 1. The lowest BCUT2D eigenvalue weighted by atomic mass is 10.0. The van der Waals surface area contributed by atoms with Crippen molar-refractivity contribution in [2.45, 2.75) is 12.5 Å². The van der Waals surface area contributed by atoms with E-state index in [9.17, 15) is 9.90 Å².